The lowest BCUT2D eigenvalue weighted by Crippen LogP contribution is -2.00. The van der Waals surface area contributed by atoms with Gasteiger partial charge in [0.2, 0.25) is 0 Å². The van der Waals surface area contributed by atoms with E-state index < -0.39 is 11.2 Å². The van der Waals surface area contributed by atoms with Gasteiger partial charge in [-0.3, -0.25) is 0 Å². The lowest BCUT2D eigenvalue weighted by atomic mass is 9.97. The van der Waals surface area contributed by atoms with Gasteiger partial charge < -0.3 is 0 Å². The van der Waals surface area contributed by atoms with Gasteiger partial charge in [-0.15, -0.1) is 11.6 Å². The summed E-state index contributed by atoms with van der Waals surface area (Å²) in [7, 11) is 0. The van der Waals surface area contributed by atoms with Gasteiger partial charge in [0.1, 0.15) is 5.82 Å². The van der Waals surface area contributed by atoms with Crippen molar-refractivity contribution in [2.75, 3.05) is 0 Å². The number of rotatable bonds is 2. The Morgan fingerprint density at radius 3 is 2.32 bits per heavy atom. The fraction of sp³-hybridized carbons (Fsp3) is 0.200. The molecule has 0 aliphatic rings. The number of aryl methyl sites for hydroxylation is 2. The van der Waals surface area contributed by atoms with E-state index in [9.17, 15) is 4.39 Å². The lowest BCUT2D eigenvalue weighted by Gasteiger charge is -2.16. The Morgan fingerprint density at radius 2 is 1.63 bits per heavy atom. The molecule has 0 aliphatic heterocycles. The van der Waals surface area contributed by atoms with Gasteiger partial charge in [-0.1, -0.05) is 41.4 Å². The molecule has 0 N–H and O–H groups in total. The Labute approximate surface area is 127 Å². The highest BCUT2D eigenvalue weighted by Crippen LogP contribution is 2.36. The van der Waals surface area contributed by atoms with Gasteiger partial charge in [0.25, 0.3) is 0 Å². The van der Waals surface area contributed by atoms with E-state index in [1.54, 1.807) is 12.1 Å². The molecule has 0 saturated heterocycles. The van der Waals surface area contributed by atoms with Crippen LogP contribution >= 0.6 is 34.8 Å². The van der Waals surface area contributed by atoms with Crippen molar-refractivity contribution in [3.63, 3.8) is 0 Å². The van der Waals surface area contributed by atoms with Crippen molar-refractivity contribution < 1.29 is 4.39 Å². The first-order valence-electron chi connectivity index (χ1n) is 5.76. The third-order valence-corrected chi connectivity index (χ3v) is 4.24. The zero-order valence-electron chi connectivity index (χ0n) is 10.5. The van der Waals surface area contributed by atoms with E-state index in [1.807, 2.05) is 26.0 Å². The maximum atomic E-state index is 14.0. The maximum absolute atomic E-state index is 14.0. The number of hydrogen-bond donors (Lipinski definition) is 0. The van der Waals surface area contributed by atoms with Crippen molar-refractivity contribution in [1.82, 2.24) is 0 Å². The molecule has 1 atom stereocenters. The Bertz CT molecular complexity index is 623. The van der Waals surface area contributed by atoms with Crippen LogP contribution in [0, 0.1) is 19.7 Å². The first kappa shape index (κ1) is 14.6. The van der Waals surface area contributed by atoms with Crippen molar-refractivity contribution in [3.8, 4) is 0 Å². The Balaban J connectivity index is 2.53. The average Bonchev–Trinajstić information content (AvgIpc) is 2.36. The van der Waals surface area contributed by atoms with Gasteiger partial charge in [0.05, 0.1) is 10.4 Å². The van der Waals surface area contributed by atoms with Crippen LogP contribution in [0.1, 0.15) is 27.6 Å². The number of hydrogen-bond acceptors (Lipinski definition) is 0. The summed E-state index contributed by atoms with van der Waals surface area (Å²) >= 11 is 18.2. The van der Waals surface area contributed by atoms with E-state index in [2.05, 4.69) is 0 Å². The second-order valence-corrected chi connectivity index (χ2v) is 5.71. The molecule has 2 aromatic rings. The Morgan fingerprint density at radius 1 is 0.947 bits per heavy atom. The summed E-state index contributed by atoms with van der Waals surface area (Å²) in [4.78, 5) is 0. The molecule has 0 fully saturated rings. The van der Waals surface area contributed by atoms with Gasteiger partial charge in [-0.25, -0.2) is 4.39 Å². The summed E-state index contributed by atoms with van der Waals surface area (Å²) in [6.07, 6.45) is 0. The predicted octanol–water partition coefficient (Wildman–Crippen LogP) is 6.08. The number of halogens is 4. The van der Waals surface area contributed by atoms with E-state index in [-0.39, 0.29) is 5.02 Å². The van der Waals surface area contributed by atoms with Gasteiger partial charge >= 0.3 is 0 Å². The van der Waals surface area contributed by atoms with Gasteiger partial charge in [-0.2, -0.15) is 0 Å². The largest absolute Gasteiger partial charge is 0.205 e. The average molecular weight is 318 g/mol. The second kappa shape index (κ2) is 5.70. The van der Waals surface area contributed by atoms with Crippen LogP contribution in [0.25, 0.3) is 0 Å². The highest BCUT2D eigenvalue weighted by Gasteiger charge is 2.19. The molecule has 0 aromatic heterocycles. The minimum absolute atomic E-state index is 0.0755. The quantitative estimate of drug-likeness (QED) is 0.589. The smallest absolute Gasteiger partial charge is 0.146 e. The summed E-state index contributed by atoms with van der Waals surface area (Å²) in [5, 5.41) is 0.165. The number of benzene rings is 2. The monoisotopic (exact) mass is 316 g/mol. The molecule has 2 rings (SSSR count). The van der Waals surface area contributed by atoms with Crippen LogP contribution in [-0.2, 0) is 0 Å². The molecule has 0 spiro atoms. The summed E-state index contributed by atoms with van der Waals surface area (Å²) in [6, 6.07) is 8.56. The summed E-state index contributed by atoms with van der Waals surface area (Å²) < 4.78 is 14.0. The molecule has 0 radical (unpaired) electrons. The topological polar surface area (TPSA) is 0 Å². The number of alkyl halides is 1. The van der Waals surface area contributed by atoms with Crippen molar-refractivity contribution >= 4 is 34.8 Å². The molecular formula is C15H12Cl3F. The minimum Gasteiger partial charge on any atom is -0.205 e. The molecule has 0 heterocycles. The maximum Gasteiger partial charge on any atom is 0.146 e. The third kappa shape index (κ3) is 2.89. The van der Waals surface area contributed by atoms with Gasteiger partial charge in [0.15, 0.2) is 0 Å². The summed E-state index contributed by atoms with van der Waals surface area (Å²) in [6.45, 7) is 3.79. The van der Waals surface area contributed by atoms with Crippen molar-refractivity contribution in [3.05, 3.63) is 68.4 Å². The lowest BCUT2D eigenvalue weighted by molar-refractivity contribution is 0.612. The highest BCUT2D eigenvalue weighted by molar-refractivity contribution is 6.31. The van der Waals surface area contributed by atoms with Crippen LogP contribution in [0.4, 0.5) is 4.39 Å². The zero-order valence-corrected chi connectivity index (χ0v) is 12.7. The molecule has 1 unspecified atom stereocenters. The van der Waals surface area contributed by atoms with E-state index in [0.717, 1.165) is 16.7 Å². The molecule has 2 aromatic carbocycles. The van der Waals surface area contributed by atoms with Crippen molar-refractivity contribution in [2.45, 2.75) is 19.2 Å². The van der Waals surface area contributed by atoms with E-state index >= 15 is 0 Å². The van der Waals surface area contributed by atoms with Crippen LogP contribution < -0.4 is 0 Å². The van der Waals surface area contributed by atoms with E-state index in [0.29, 0.717) is 10.6 Å². The predicted molar refractivity (Wildman–Crippen MR) is 80.0 cm³/mol. The molecule has 100 valence electrons. The van der Waals surface area contributed by atoms with Gasteiger partial charge in [0, 0.05) is 10.6 Å². The first-order valence-corrected chi connectivity index (χ1v) is 6.95. The van der Waals surface area contributed by atoms with Crippen LogP contribution in [-0.4, -0.2) is 0 Å². The minimum atomic E-state index is -0.588. The zero-order chi connectivity index (χ0) is 14.2. The molecule has 0 bridgehead atoms. The molecular weight excluding hydrogens is 306 g/mol. The highest BCUT2D eigenvalue weighted by atomic mass is 35.5. The molecule has 0 aliphatic carbocycles. The Hall–Kier alpha value is -0.760. The molecule has 4 heteroatoms. The standard InChI is InChI=1S/C15H12Cl3F/c1-8-7-13(17)9(2)6-11(8)14(18)10-4-3-5-12(16)15(10)19/h3-7,14H,1-2H3. The fourth-order valence-electron chi connectivity index (χ4n) is 1.96. The summed E-state index contributed by atoms with van der Waals surface area (Å²) in [5.41, 5.74) is 3.05. The van der Waals surface area contributed by atoms with Crippen molar-refractivity contribution in [2.24, 2.45) is 0 Å². The third-order valence-electron chi connectivity index (χ3n) is 3.07. The summed E-state index contributed by atoms with van der Waals surface area (Å²) in [5.74, 6) is -0.476. The fourth-order valence-corrected chi connectivity index (χ4v) is 2.76. The molecule has 19 heavy (non-hydrogen) atoms. The van der Waals surface area contributed by atoms with Crippen LogP contribution in [0.15, 0.2) is 30.3 Å². The molecule has 0 amide bonds. The van der Waals surface area contributed by atoms with Crippen molar-refractivity contribution in [1.29, 1.82) is 0 Å². The normalized spacial score (nSPS) is 12.5. The SMILES string of the molecule is Cc1cc(C(Cl)c2cccc(Cl)c2F)c(C)cc1Cl. The van der Waals surface area contributed by atoms with Gasteiger partial charge in [-0.05, 0) is 42.7 Å². The first-order chi connectivity index (χ1) is 8.91. The van der Waals surface area contributed by atoms with Crippen LogP contribution in [0.5, 0.6) is 0 Å². The van der Waals surface area contributed by atoms with E-state index in [4.69, 9.17) is 34.8 Å². The molecule has 0 saturated carbocycles. The molecule has 0 nitrogen and oxygen atoms in total. The Kier molecular flexibility index (Phi) is 4.39. The van der Waals surface area contributed by atoms with E-state index in [1.165, 1.54) is 6.07 Å². The van der Waals surface area contributed by atoms with Crippen LogP contribution in [0.2, 0.25) is 10.0 Å². The second-order valence-electron chi connectivity index (χ2n) is 4.46. The van der Waals surface area contributed by atoms with Crippen LogP contribution in [0.3, 0.4) is 0 Å².